The van der Waals surface area contributed by atoms with Gasteiger partial charge in [-0.3, -0.25) is 14.6 Å². The summed E-state index contributed by atoms with van der Waals surface area (Å²) in [5.74, 6) is 13.2. The third-order valence-corrected chi connectivity index (χ3v) is 7.79. The van der Waals surface area contributed by atoms with Crippen LogP contribution >= 0.6 is 0 Å². The van der Waals surface area contributed by atoms with Crippen LogP contribution in [-0.2, 0) is 12.8 Å². The van der Waals surface area contributed by atoms with Crippen LogP contribution in [0.5, 0.6) is 0 Å². The van der Waals surface area contributed by atoms with Gasteiger partial charge in [-0.1, -0.05) is 79.1 Å². The van der Waals surface area contributed by atoms with Gasteiger partial charge in [0.05, 0.1) is 0 Å². The van der Waals surface area contributed by atoms with Crippen LogP contribution in [0.2, 0.25) is 0 Å². The van der Waals surface area contributed by atoms with E-state index in [4.69, 9.17) is 13.9 Å². The minimum Gasteiger partial charge on any atom is -0.403 e. The lowest BCUT2D eigenvalue weighted by atomic mass is 10.1. The van der Waals surface area contributed by atoms with Crippen molar-refractivity contribution in [3.05, 3.63) is 76.5 Å². The molecule has 11 heteroatoms. The fraction of sp³-hybridized carbons (Fsp3) is 0.526. The second kappa shape index (κ2) is 19.9. The van der Waals surface area contributed by atoms with Gasteiger partial charge in [0.25, 0.3) is 11.1 Å². The van der Waals surface area contributed by atoms with E-state index in [-0.39, 0.29) is 49.8 Å². The van der Waals surface area contributed by atoms with Gasteiger partial charge in [0.2, 0.25) is 11.4 Å². The van der Waals surface area contributed by atoms with Crippen molar-refractivity contribution in [2.24, 2.45) is 11.8 Å². The largest absolute Gasteiger partial charge is 0.403 e. The number of hydrogen-bond donors (Lipinski definition) is 3. The van der Waals surface area contributed by atoms with Crippen LogP contribution in [0.4, 0.5) is 0 Å². The molecule has 3 N–H and O–H groups in total. The molecule has 0 aliphatic heterocycles. The van der Waals surface area contributed by atoms with Gasteiger partial charge in [-0.25, -0.2) is 9.59 Å². The zero-order valence-corrected chi connectivity index (χ0v) is 27.3. The molecule has 0 saturated heterocycles. The normalized spacial score (nSPS) is 12.8. The SMILES string of the molecule is C.C.CCC#CCO.CCC#Cc1nc2oc(=O)cc(CCCC3CC3)c2c(=O)[nH]1.Cc1nc2oc(=O)cc(CCCC3CC3)c2c(=O)[nH]1. The Morgan fingerprint density at radius 2 is 1.24 bits per heavy atom. The second-order valence-corrected chi connectivity index (χ2v) is 11.8. The van der Waals surface area contributed by atoms with Crippen molar-refractivity contribution in [2.75, 3.05) is 6.61 Å². The quantitative estimate of drug-likeness (QED) is 0.191. The first kappa shape index (κ1) is 40.4. The maximum Gasteiger partial charge on any atom is 0.337 e. The minimum atomic E-state index is -0.471. The van der Waals surface area contributed by atoms with E-state index in [0.717, 1.165) is 55.1 Å². The minimum absolute atomic E-state index is 0. The van der Waals surface area contributed by atoms with Crippen LogP contribution < -0.4 is 22.4 Å². The van der Waals surface area contributed by atoms with Crippen molar-refractivity contribution in [1.82, 2.24) is 19.9 Å². The molecule has 0 spiro atoms. The van der Waals surface area contributed by atoms with Gasteiger partial charge in [0, 0.05) is 25.0 Å². The van der Waals surface area contributed by atoms with Crippen LogP contribution in [0.25, 0.3) is 22.2 Å². The number of nitrogens with one attached hydrogen (secondary N) is 2. The highest BCUT2D eigenvalue weighted by Crippen LogP contribution is 2.34. The summed E-state index contributed by atoms with van der Waals surface area (Å²) in [5.41, 5.74) is 0.264. The molecule has 0 amide bonds. The van der Waals surface area contributed by atoms with E-state index in [1.54, 1.807) is 6.92 Å². The van der Waals surface area contributed by atoms with E-state index in [1.165, 1.54) is 44.2 Å². The van der Waals surface area contributed by atoms with E-state index >= 15 is 0 Å². The van der Waals surface area contributed by atoms with E-state index in [9.17, 15) is 19.2 Å². The molecular formula is C38H50N4O7. The summed E-state index contributed by atoms with van der Waals surface area (Å²) in [5, 5.41) is 8.81. The van der Waals surface area contributed by atoms with Crippen molar-refractivity contribution in [1.29, 1.82) is 0 Å². The summed E-state index contributed by atoms with van der Waals surface area (Å²) in [7, 11) is 0. The van der Waals surface area contributed by atoms with Gasteiger partial charge in [-0.2, -0.15) is 9.97 Å². The molecule has 2 aliphatic rings. The smallest absolute Gasteiger partial charge is 0.337 e. The summed E-state index contributed by atoms with van der Waals surface area (Å²) in [6.45, 7) is 5.52. The molecule has 4 aromatic heterocycles. The third kappa shape index (κ3) is 12.7. The Bertz CT molecular complexity index is 2030. The number of fused-ring (bicyclic) bond motifs is 2. The van der Waals surface area contributed by atoms with E-state index in [2.05, 4.69) is 43.6 Å². The molecule has 0 aromatic carbocycles. The number of aryl methyl sites for hydroxylation is 3. The van der Waals surface area contributed by atoms with E-state index in [0.29, 0.717) is 29.4 Å². The van der Waals surface area contributed by atoms with Gasteiger partial charge >= 0.3 is 11.3 Å². The van der Waals surface area contributed by atoms with Gasteiger partial charge in [0.1, 0.15) is 23.2 Å². The molecule has 2 saturated carbocycles. The zero-order valence-electron chi connectivity index (χ0n) is 27.3. The van der Waals surface area contributed by atoms with Crippen molar-refractivity contribution in [2.45, 2.75) is 113 Å². The van der Waals surface area contributed by atoms with Crippen LogP contribution in [0.3, 0.4) is 0 Å². The van der Waals surface area contributed by atoms with Gasteiger partial charge in [0.15, 0.2) is 5.82 Å². The third-order valence-electron chi connectivity index (χ3n) is 7.79. The molecule has 4 heterocycles. The molecule has 11 nitrogen and oxygen atoms in total. The number of H-pyrrole nitrogens is 2. The summed E-state index contributed by atoms with van der Waals surface area (Å²) in [6.07, 6.45) is 12.4. The number of hydrogen-bond acceptors (Lipinski definition) is 9. The first-order valence-electron chi connectivity index (χ1n) is 16.4. The standard InChI is InChI=1S/C17H18N2O3.C14H16N2O3.C5H8O.2CH4/c1-2-3-7-13-18-16(21)15-12(6-4-5-11-8-9-11)10-14(20)22-17(15)19-13;1-8-15-13(18)12-10(4-2-3-9-5-6-9)7-11(17)19-14(12)16-8;1-2-3-4-5-6;;/h10-11H,2,4-6,8-9H2,1H3,(H,18,19,21);7,9H,2-6H2,1H3,(H,15,16,18);6H,2,5H2,1H3;2*1H4. The highest BCUT2D eigenvalue weighted by atomic mass is 16.4. The Kier molecular flexibility index (Phi) is 16.4. The Balaban J connectivity index is 0.000000284. The molecule has 0 atom stereocenters. The fourth-order valence-electron chi connectivity index (χ4n) is 5.19. The lowest BCUT2D eigenvalue weighted by molar-refractivity contribution is 0.350. The van der Waals surface area contributed by atoms with Crippen LogP contribution in [0.1, 0.15) is 116 Å². The van der Waals surface area contributed by atoms with Crippen molar-refractivity contribution >= 4 is 22.2 Å². The Morgan fingerprint density at radius 1 is 0.755 bits per heavy atom. The number of aromatic amines is 2. The van der Waals surface area contributed by atoms with Gasteiger partial charge in [-0.05, 0) is 61.5 Å². The average Bonchev–Trinajstić information content (AvgIpc) is 3.95. The molecule has 264 valence electrons. The number of aliphatic hydroxyl groups excluding tert-OH is 1. The van der Waals surface area contributed by atoms with Crippen molar-refractivity contribution < 1.29 is 13.9 Å². The summed E-state index contributed by atoms with van der Waals surface area (Å²) in [4.78, 5) is 61.0. The van der Waals surface area contributed by atoms with Crippen LogP contribution in [0, 0.1) is 42.4 Å². The fourth-order valence-corrected chi connectivity index (χ4v) is 5.19. The second-order valence-electron chi connectivity index (χ2n) is 11.8. The molecule has 0 bridgehead atoms. The first-order chi connectivity index (χ1) is 22.7. The molecule has 49 heavy (non-hydrogen) atoms. The highest BCUT2D eigenvalue weighted by Gasteiger charge is 2.22. The topological polar surface area (TPSA) is 172 Å². The number of rotatable bonds is 8. The van der Waals surface area contributed by atoms with Crippen LogP contribution in [0.15, 0.2) is 40.1 Å². The van der Waals surface area contributed by atoms with E-state index < -0.39 is 11.3 Å². The summed E-state index contributed by atoms with van der Waals surface area (Å²) < 4.78 is 10.1. The Hall–Kier alpha value is -4.74. The van der Waals surface area contributed by atoms with Gasteiger partial charge in [-0.15, -0.1) is 5.92 Å². The summed E-state index contributed by atoms with van der Waals surface area (Å²) in [6, 6.07) is 2.82. The molecule has 6 rings (SSSR count). The van der Waals surface area contributed by atoms with E-state index in [1.807, 2.05) is 13.8 Å². The van der Waals surface area contributed by atoms with Crippen molar-refractivity contribution in [3.63, 3.8) is 0 Å². The molecule has 2 aliphatic carbocycles. The Morgan fingerprint density at radius 3 is 1.69 bits per heavy atom. The maximum absolute atomic E-state index is 12.3. The zero-order chi connectivity index (χ0) is 33.8. The Labute approximate surface area is 287 Å². The van der Waals surface area contributed by atoms with Crippen LogP contribution in [-0.4, -0.2) is 31.6 Å². The lowest BCUT2D eigenvalue weighted by Gasteiger charge is -2.04. The monoisotopic (exact) mass is 674 g/mol. The number of aromatic nitrogens is 4. The lowest BCUT2D eigenvalue weighted by Crippen LogP contribution is -2.15. The highest BCUT2D eigenvalue weighted by molar-refractivity contribution is 5.76. The molecular weight excluding hydrogens is 624 g/mol. The molecule has 4 aromatic rings. The first-order valence-corrected chi connectivity index (χ1v) is 16.4. The predicted octanol–water partition coefficient (Wildman–Crippen LogP) is 5.95. The number of nitrogens with zero attached hydrogens (tertiary/aromatic N) is 2. The maximum atomic E-state index is 12.3. The molecule has 0 radical (unpaired) electrons. The molecule has 0 unspecified atom stereocenters. The number of aliphatic hydroxyl groups is 1. The van der Waals surface area contributed by atoms with Crippen molar-refractivity contribution in [3.8, 4) is 23.7 Å². The average molecular weight is 675 g/mol. The molecule has 2 fully saturated rings. The predicted molar refractivity (Wildman–Crippen MR) is 194 cm³/mol. The van der Waals surface area contributed by atoms with Gasteiger partial charge < -0.3 is 18.9 Å². The summed E-state index contributed by atoms with van der Waals surface area (Å²) >= 11 is 0.